The van der Waals surface area contributed by atoms with Gasteiger partial charge < -0.3 is 8.83 Å². The van der Waals surface area contributed by atoms with E-state index >= 15 is 0 Å². The van der Waals surface area contributed by atoms with Crippen LogP contribution in [-0.4, -0.2) is 0 Å². The van der Waals surface area contributed by atoms with E-state index in [0.29, 0.717) is 0 Å². The summed E-state index contributed by atoms with van der Waals surface area (Å²) in [6.07, 6.45) is 3.32. The summed E-state index contributed by atoms with van der Waals surface area (Å²) >= 11 is 0. The number of rotatable bonds is 2. The molecule has 0 aliphatic heterocycles. The quantitative estimate of drug-likeness (QED) is 0.644. The van der Waals surface area contributed by atoms with E-state index in [4.69, 9.17) is 8.83 Å². The van der Waals surface area contributed by atoms with Gasteiger partial charge in [0.05, 0.1) is 12.5 Å². The second kappa shape index (κ2) is 3.98. The largest absolute Gasteiger partial charge is 0.464 e. The molecule has 0 aliphatic rings. The molecule has 0 fully saturated rings. The maximum absolute atomic E-state index is 5.46. The standard InChI is InChI=1S/C15H11O2/c1-11-5-2-6-12(13-7-3-9-16-13)15(11)14-8-4-10-17-14/h2-10H,1H2. The van der Waals surface area contributed by atoms with E-state index < -0.39 is 0 Å². The third-order valence-electron chi connectivity index (χ3n) is 2.70. The Morgan fingerprint density at radius 1 is 0.765 bits per heavy atom. The summed E-state index contributed by atoms with van der Waals surface area (Å²) < 4.78 is 10.9. The highest BCUT2D eigenvalue weighted by Crippen LogP contribution is 2.34. The van der Waals surface area contributed by atoms with Gasteiger partial charge in [0.2, 0.25) is 0 Å². The van der Waals surface area contributed by atoms with Crippen LogP contribution in [0.5, 0.6) is 0 Å². The number of hydrogen-bond acceptors (Lipinski definition) is 2. The minimum atomic E-state index is 0.807. The lowest BCUT2D eigenvalue weighted by Gasteiger charge is -2.08. The number of benzene rings is 1. The van der Waals surface area contributed by atoms with E-state index in [0.717, 1.165) is 28.2 Å². The smallest absolute Gasteiger partial charge is 0.134 e. The fourth-order valence-corrected chi connectivity index (χ4v) is 1.95. The summed E-state index contributed by atoms with van der Waals surface area (Å²) in [5.41, 5.74) is 2.90. The molecule has 0 bridgehead atoms. The van der Waals surface area contributed by atoms with Crippen LogP contribution >= 0.6 is 0 Å². The van der Waals surface area contributed by atoms with Crippen molar-refractivity contribution in [2.45, 2.75) is 0 Å². The van der Waals surface area contributed by atoms with Crippen LogP contribution < -0.4 is 0 Å². The summed E-state index contributed by atoms with van der Waals surface area (Å²) in [5, 5.41) is 0. The zero-order valence-corrected chi connectivity index (χ0v) is 9.22. The molecule has 1 radical (unpaired) electrons. The monoisotopic (exact) mass is 223 g/mol. The lowest BCUT2D eigenvalue weighted by atomic mass is 9.98. The van der Waals surface area contributed by atoms with Crippen LogP contribution in [0.4, 0.5) is 0 Å². The third kappa shape index (κ3) is 1.68. The summed E-state index contributed by atoms with van der Waals surface area (Å²) in [7, 11) is 0. The van der Waals surface area contributed by atoms with Crippen LogP contribution in [0.25, 0.3) is 22.6 Å². The minimum absolute atomic E-state index is 0.807. The fourth-order valence-electron chi connectivity index (χ4n) is 1.95. The molecule has 0 N–H and O–H groups in total. The van der Waals surface area contributed by atoms with Crippen molar-refractivity contribution in [3.05, 3.63) is 67.5 Å². The Hall–Kier alpha value is -2.22. The van der Waals surface area contributed by atoms with Gasteiger partial charge in [0.1, 0.15) is 11.5 Å². The maximum Gasteiger partial charge on any atom is 0.134 e. The number of hydrogen-bond donors (Lipinski definition) is 0. The van der Waals surface area contributed by atoms with Crippen LogP contribution in [0.1, 0.15) is 5.56 Å². The number of furan rings is 2. The van der Waals surface area contributed by atoms with Crippen LogP contribution in [0.3, 0.4) is 0 Å². The van der Waals surface area contributed by atoms with E-state index in [1.807, 2.05) is 42.5 Å². The van der Waals surface area contributed by atoms with Crippen molar-refractivity contribution in [3.8, 4) is 22.6 Å². The molecule has 0 unspecified atom stereocenters. The van der Waals surface area contributed by atoms with E-state index in [2.05, 4.69) is 6.92 Å². The second-order valence-electron chi connectivity index (χ2n) is 3.79. The van der Waals surface area contributed by atoms with Crippen molar-refractivity contribution in [2.24, 2.45) is 0 Å². The summed E-state index contributed by atoms with van der Waals surface area (Å²) in [4.78, 5) is 0. The first kappa shape index (κ1) is 9.97. The third-order valence-corrected chi connectivity index (χ3v) is 2.70. The van der Waals surface area contributed by atoms with Gasteiger partial charge in [-0.15, -0.1) is 0 Å². The molecule has 2 nitrogen and oxygen atoms in total. The lowest BCUT2D eigenvalue weighted by molar-refractivity contribution is 0.575. The Morgan fingerprint density at radius 3 is 2.12 bits per heavy atom. The molecule has 2 heterocycles. The first-order valence-electron chi connectivity index (χ1n) is 5.39. The van der Waals surface area contributed by atoms with Crippen molar-refractivity contribution >= 4 is 0 Å². The maximum atomic E-state index is 5.46. The van der Waals surface area contributed by atoms with Gasteiger partial charge in [-0.25, -0.2) is 0 Å². The zero-order valence-electron chi connectivity index (χ0n) is 9.22. The topological polar surface area (TPSA) is 26.3 Å². The molecule has 83 valence electrons. The molecule has 0 saturated carbocycles. The predicted molar refractivity (Wildman–Crippen MR) is 66.3 cm³/mol. The molecule has 17 heavy (non-hydrogen) atoms. The first-order valence-corrected chi connectivity index (χ1v) is 5.39. The molecule has 2 heteroatoms. The molecule has 0 amide bonds. The molecule has 2 aromatic heterocycles. The van der Waals surface area contributed by atoms with Crippen molar-refractivity contribution in [2.75, 3.05) is 0 Å². The highest BCUT2D eigenvalue weighted by atomic mass is 16.3. The predicted octanol–water partition coefficient (Wildman–Crippen LogP) is 4.39. The van der Waals surface area contributed by atoms with Crippen molar-refractivity contribution in [3.63, 3.8) is 0 Å². The summed E-state index contributed by atoms with van der Waals surface area (Å²) in [6, 6.07) is 13.5. The highest BCUT2D eigenvalue weighted by molar-refractivity contribution is 5.81. The van der Waals surface area contributed by atoms with Gasteiger partial charge in [0.25, 0.3) is 0 Å². The lowest BCUT2D eigenvalue weighted by Crippen LogP contribution is -1.86. The van der Waals surface area contributed by atoms with Gasteiger partial charge in [-0.3, -0.25) is 0 Å². The Morgan fingerprint density at radius 2 is 1.47 bits per heavy atom. The molecule has 0 atom stereocenters. The van der Waals surface area contributed by atoms with Gasteiger partial charge in [0, 0.05) is 11.1 Å². The van der Waals surface area contributed by atoms with E-state index in [-0.39, 0.29) is 0 Å². The first-order chi connectivity index (χ1) is 8.36. The normalized spacial score (nSPS) is 10.6. The SMILES string of the molecule is [CH2]c1cccc(-c2ccco2)c1-c1ccco1. The van der Waals surface area contributed by atoms with Gasteiger partial charge in [-0.2, -0.15) is 0 Å². The van der Waals surface area contributed by atoms with E-state index in [9.17, 15) is 0 Å². The van der Waals surface area contributed by atoms with Crippen molar-refractivity contribution in [1.82, 2.24) is 0 Å². The van der Waals surface area contributed by atoms with Gasteiger partial charge in [-0.05, 0) is 36.8 Å². The molecule has 0 aliphatic carbocycles. The van der Waals surface area contributed by atoms with E-state index in [1.165, 1.54) is 0 Å². The van der Waals surface area contributed by atoms with Crippen molar-refractivity contribution < 1.29 is 8.83 Å². The Bertz CT molecular complexity index is 604. The van der Waals surface area contributed by atoms with E-state index in [1.54, 1.807) is 12.5 Å². The van der Waals surface area contributed by atoms with Gasteiger partial charge in [0.15, 0.2) is 0 Å². The molecule has 0 saturated heterocycles. The minimum Gasteiger partial charge on any atom is -0.464 e. The van der Waals surface area contributed by atoms with Crippen LogP contribution in [0, 0.1) is 6.92 Å². The molecule has 3 aromatic rings. The summed E-state index contributed by atoms with van der Waals surface area (Å²) in [5.74, 6) is 1.63. The average Bonchev–Trinajstić information content (AvgIpc) is 3.02. The summed E-state index contributed by atoms with van der Waals surface area (Å²) in [6.45, 7) is 4.05. The molecular weight excluding hydrogens is 212 g/mol. The Labute approximate surface area is 99.5 Å². The molecule has 1 aromatic carbocycles. The Kier molecular flexibility index (Phi) is 2.33. The van der Waals surface area contributed by atoms with Gasteiger partial charge in [-0.1, -0.05) is 18.2 Å². The molecule has 3 rings (SSSR count). The van der Waals surface area contributed by atoms with Gasteiger partial charge >= 0.3 is 0 Å². The fraction of sp³-hybridized carbons (Fsp3) is 0. The van der Waals surface area contributed by atoms with Crippen LogP contribution in [0.15, 0.2) is 63.8 Å². The molecule has 0 spiro atoms. The highest BCUT2D eigenvalue weighted by Gasteiger charge is 2.13. The van der Waals surface area contributed by atoms with Crippen LogP contribution in [-0.2, 0) is 0 Å². The second-order valence-corrected chi connectivity index (χ2v) is 3.79. The van der Waals surface area contributed by atoms with Crippen molar-refractivity contribution in [1.29, 1.82) is 0 Å². The Balaban J connectivity index is 2.26. The van der Waals surface area contributed by atoms with Crippen LogP contribution in [0.2, 0.25) is 0 Å². The zero-order chi connectivity index (χ0) is 11.7. The average molecular weight is 223 g/mol. The molecular formula is C15H11O2.